The molecule has 1 aliphatic heterocycles. The highest BCUT2D eigenvalue weighted by Gasteiger charge is 2.25. The SMILES string of the molecule is O=C(O)C1CCN(Cc2noc(-c3ccsc3)n2)CC1. The van der Waals surface area contributed by atoms with E-state index in [0.29, 0.717) is 31.1 Å². The molecule has 20 heavy (non-hydrogen) atoms. The van der Waals surface area contributed by atoms with E-state index < -0.39 is 5.97 Å². The van der Waals surface area contributed by atoms with Gasteiger partial charge in [0.05, 0.1) is 18.0 Å². The number of hydrogen-bond donors (Lipinski definition) is 1. The maximum atomic E-state index is 10.9. The molecule has 106 valence electrons. The Hall–Kier alpha value is -1.73. The lowest BCUT2D eigenvalue weighted by molar-refractivity contribution is -0.143. The zero-order chi connectivity index (χ0) is 13.9. The number of aliphatic carboxylic acids is 1. The normalized spacial score (nSPS) is 17.4. The summed E-state index contributed by atoms with van der Waals surface area (Å²) >= 11 is 1.59. The molecule has 0 saturated carbocycles. The van der Waals surface area contributed by atoms with E-state index in [2.05, 4.69) is 15.0 Å². The van der Waals surface area contributed by atoms with Crippen LogP contribution in [-0.4, -0.2) is 39.2 Å². The molecule has 3 rings (SSSR count). The second kappa shape index (κ2) is 5.72. The van der Waals surface area contributed by atoms with Crippen molar-refractivity contribution in [2.75, 3.05) is 13.1 Å². The molecule has 2 aromatic heterocycles. The summed E-state index contributed by atoms with van der Waals surface area (Å²) in [6, 6.07) is 1.94. The topological polar surface area (TPSA) is 79.5 Å². The summed E-state index contributed by atoms with van der Waals surface area (Å²) < 4.78 is 5.23. The Morgan fingerprint density at radius 3 is 2.95 bits per heavy atom. The van der Waals surface area contributed by atoms with Crippen LogP contribution in [0.5, 0.6) is 0 Å². The number of likely N-dealkylation sites (tertiary alicyclic amines) is 1. The summed E-state index contributed by atoms with van der Waals surface area (Å²) in [6.45, 7) is 2.14. The number of rotatable bonds is 4. The van der Waals surface area contributed by atoms with Gasteiger partial charge in [-0.3, -0.25) is 9.69 Å². The zero-order valence-corrected chi connectivity index (χ0v) is 11.7. The number of hydrogen-bond acceptors (Lipinski definition) is 6. The van der Waals surface area contributed by atoms with Crippen LogP contribution in [0.1, 0.15) is 18.7 Å². The van der Waals surface area contributed by atoms with Gasteiger partial charge in [-0.15, -0.1) is 0 Å². The molecule has 0 amide bonds. The van der Waals surface area contributed by atoms with Crippen molar-refractivity contribution in [3.63, 3.8) is 0 Å². The van der Waals surface area contributed by atoms with E-state index in [1.807, 2.05) is 16.8 Å². The number of piperidine rings is 1. The van der Waals surface area contributed by atoms with Crippen LogP contribution < -0.4 is 0 Å². The summed E-state index contributed by atoms with van der Waals surface area (Å²) in [6.07, 6.45) is 1.37. The van der Waals surface area contributed by atoms with E-state index in [0.717, 1.165) is 18.7 Å². The number of carbonyl (C=O) groups is 1. The zero-order valence-electron chi connectivity index (χ0n) is 10.9. The maximum absolute atomic E-state index is 10.9. The minimum atomic E-state index is -0.691. The number of carboxylic acids is 1. The van der Waals surface area contributed by atoms with Crippen LogP contribution in [0.15, 0.2) is 21.3 Å². The van der Waals surface area contributed by atoms with Gasteiger partial charge in [-0.2, -0.15) is 16.3 Å². The monoisotopic (exact) mass is 293 g/mol. The van der Waals surface area contributed by atoms with Crippen molar-refractivity contribution in [3.05, 3.63) is 22.7 Å². The van der Waals surface area contributed by atoms with Gasteiger partial charge in [0, 0.05) is 5.38 Å². The predicted octanol–water partition coefficient (Wildman–Crippen LogP) is 2.09. The summed E-state index contributed by atoms with van der Waals surface area (Å²) in [5.74, 6) is 0.295. The molecule has 0 unspecified atom stereocenters. The first-order valence-electron chi connectivity index (χ1n) is 6.52. The first kappa shape index (κ1) is 13.3. The molecular weight excluding hydrogens is 278 g/mol. The predicted molar refractivity (Wildman–Crippen MR) is 73.2 cm³/mol. The van der Waals surface area contributed by atoms with Crippen LogP contribution in [0.3, 0.4) is 0 Å². The van der Waals surface area contributed by atoms with Gasteiger partial charge in [0.25, 0.3) is 5.89 Å². The van der Waals surface area contributed by atoms with E-state index in [1.54, 1.807) is 11.3 Å². The average Bonchev–Trinajstić information content (AvgIpc) is 3.09. The highest BCUT2D eigenvalue weighted by molar-refractivity contribution is 7.08. The van der Waals surface area contributed by atoms with Gasteiger partial charge in [0.2, 0.25) is 0 Å². The molecule has 0 radical (unpaired) electrons. The Kier molecular flexibility index (Phi) is 3.79. The standard InChI is InChI=1S/C13H15N3O3S/c17-13(18)9-1-4-16(5-2-9)7-11-14-12(19-15-11)10-3-6-20-8-10/h3,6,8-9H,1-2,4-5,7H2,(H,17,18). The Morgan fingerprint density at radius 2 is 2.30 bits per heavy atom. The first-order chi connectivity index (χ1) is 9.72. The number of nitrogens with zero attached hydrogens (tertiary/aromatic N) is 3. The van der Waals surface area contributed by atoms with Crippen molar-refractivity contribution in [1.29, 1.82) is 0 Å². The van der Waals surface area contributed by atoms with Gasteiger partial charge in [-0.1, -0.05) is 5.16 Å². The smallest absolute Gasteiger partial charge is 0.306 e. The Labute approximate surface area is 120 Å². The highest BCUT2D eigenvalue weighted by atomic mass is 32.1. The van der Waals surface area contributed by atoms with Gasteiger partial charge in [0.15, 0.2) is 5.82 Å². The van der Waals surface area contributed by atoms with Gasteiger partial charge in [-0.05, 0) is 37.4 Å². The number of thiophene rings is 1. The fourth-order valence-corrected chi connectivity index (χ4v) is 2.99. The third kappa shape index (κ3) is 2.88. The summed E-state index contributed by atoms with van der Waals surface area (Å²) in [4.78, 5) is 17.4. The molecule has 0 atom stereocenters. The first-order valence-corrected chi connectivity index (χ1v) is 7.47. The molecule has 0 aliphatic carbocycles. The van der Waals surface area contributed by atoms with E-state index in [9.17, 15) is 4.79 Å². The Bertz CT molecular complexity index is 573. The molecule has 3 heterocycles. The van der Waals surface area contributed by atoms with Crippen molar-refractivity contribution < 1.29 is 14.4 Å². The molecule has 0 bridgehead atoms. The van der Waals surface area contributed by atoms with E-state index in [-0.39, 0.29) is 5.92 Å². The molecule has 1 N–H and O–H groups in total. The lowest BCUT2D eigenvalue weighted by Gasteiger charge is -2.28. The van der Waals surface area contributed by atoms with Crippen LogP contribution in [0.4, 0.5) is 0 Å². The van der Waals surface area contributed by atoms with E-state index >= 15 is 0 Å². The van der Waals surface area contributed by atoms with Crippen LogP contribution in [0.25, 0.3) is 11.5 Å². The van der Waals surface area contributed by atoms with Crippen LogP contribution in [-0.2, 0) is 11.3 Å². The lowest BCUT2D eigenvalue weighted by Crippen LogP contribution is -2.36. The summed E-state index contributed by atoms with van der Waals surface area (Å²) in [5.41, 5.74) is 0.943. The van der Waals surface area contributed by atoms with Crippen molar-refractivity contribution in [2.24, 2.45) is 5.92 Å². The molecule has 0 aromatic carbocycles. The van der Waals surface area contributed by atoms with Gasteiger partial charge in [0.1, 0.15) is 0 Å². The second-order valence-corrected chi connectivity index (χ2v) is 5.70. The molecule has 1 fully saturated rings. The quantitative estimate of drug-likeness (QED) is 0.930. The largest absolute Gasteiger partial charge is 0.481 e. The average molecular weight is 293 g/mol. The van der Waals surface area contributed by atoms with Crippen LogP contribution in [0, 0.1) is 5.92 Å². The number of carboxylic acid groups (broad SMARTS) is 1. The molecule has 1 saturated heterocycles. The Morgan fingerprint density at radius 1 is 1.50 bits per heavy atom. The van der Waals surface area contributed by atoms with Gasteiger partial charge < -0.3 is 9.63 Å². The van der Waals surface area contributed by atoms with Gasteiger partial charge in [-0.25, -0.2) is 0 Å². The highest BCUT2D eigenvalue weighted by Crippen LogP contribution is 2.22. The molecule has 7 heteroatoms. The fraction of sp³-hybridized carbons (Fsp3) is 0.462. The van der Waals surface area contributed by atoms with Crippen molar-refractivity contribution in [2.45, 2.75) is 19.4 Å². The fourth-order valence-electron chi connectivity index (χ4n) is 2.36. The third-order valence-corrected chi connectivity index (χ3v) is 4.22. The van der Waals surface area contributed by atoms with Crippen LogP contribution >= 0.6 is 11.3 Å². The third-order valence-electron chi connectivity index (χ3n) is 3.54. The van der Waals surface area contributed by atoms with Crippen molar-refractivity contribution >= 4 is 17.3 Å². The van der Waals surface area contributed by atoms with E-state index in [1.165, 1.54) is 0 Å². The number of aromatic nitrogens is 2. The second-order valence-electron chi connectivity index (χ2n) is 4.92. The molecule has 1 aliphatic rings. The van der Waals surface area contributed by atoms with Crippen molar-refractivity contribution in [1.82, 2.24) is 15.0 Å². The van der Waals surface area contributed by atoms with Crippen molar-refractivity contribution in [3.8, 4) is 11.5 Å². The summed E-state index contributed by atoms with van der Waals surface area (Å²) in [5, 5.41) is 16.9. The maximum Gasteiger partial charge on any atom is 0.306 e. The Balaban J connectivity index is 1.58. The minimum Gasteiger partial charge on any atom is -0.481 e. The van der Waals surface area contributed by atoms with Crippen LogP contribution in [0.2, 0.25) is 0 Å². The lowest BCUT2D eigenvalue weighted by atomic mass is 9.97. The molecule has 0 spiro atoms. The molecule has 2 aromatic rings. The molecular formula is C13H15N3O3S. The van der Waals surface area contributed by atoms with Gasteiger partial charge >= 0.3 is 5.97 Å². The minimum absolute atomic E-state index is 0.210. The van der Waals surface area contributed by atoms with E-state index in [4.69, 9.17) is 9.63 Å². The summed E-state index contributed by atoms with van der Waals surface area (Å²) in [7, 11) is 0. The molecule has 6 nitrogen and oxygen atoms in total.